The monoisotopic (exact) mass is 196 g/mol. The minimum atomic E-state index is 0.754. The van der Waals surface area contributed by atoms with E-state index < -0.39 is 0 Å². The summed E-state index contributed by atoms with van der Waals surface area (Å²) in [6.07, 6.45) is 6.48. The van der Waals surface area contributed by atoms with Crippen LogP contribution in [0.2, 0.25) is 0 Å². The lowest BCUT2D eigenvalue weighted by molar-refractivity contribution is 1.23. The predicted octanol–water partition coefficient (Wildman–Crippen LogP) is 3.73. The van der Waals surface area contributed by atoms with E-state index in [-0.39, 0.29) is 0 Å². The Morgan fingerprint density at radius 3 is 3.08 bits per heavy atom. The smallest absolute Gasteiger partial charge is 0.138 e. The molecule has 1 aromatic heterocycles. The lowest BCUT2D eigenvalue weighted by atomic mass is 10.2. The van der Waals surface area contributed by atoms with Crippen molar-refractivity contribution in [2.75, 3.05) is 0 Å². The second-order valence-corrected chi connectivity index (χ2v) is 2.99. The van der Waals surface area contributed by atoms with Gasteiger partial charge in [0.2, 0.25) is 0 Å². The second-order valence-electron chi connectivity index (χ2n) is 2.59. The van der Waals surface area contributed by atoms with Crippen LogP contribution in [0, 0.1) is 0 Å². The molecule has 0 aliphatic rings. The van der Waals surface area contributed by atoms with Gasteiger partial charge in [0.15, 0.2) is 0 Å². The standard InChI is InChI=1S/C10H13ClN2/c1-3-5-9(11)8-6-7-13-10(8)12-4-2/h4-7,13H,3H2,1-2H3. The van der Waals surface area contributed by atoms with E-state index in [4.69, 9.17) is 11.6 Å². The van der Waals surface area contributed by atoms with Gasteiger partial charge in [-0.3, -0.25) is 0 Å². The van der Waals surface area contributed by atoms with Crippen LogP contribution in [0.4, 0.5) is 5.82 Å². The Labute approximate surface area is 83.3 Å². The Balaban J connectivity index is 3.00. The minimum Gasteiger partial charge on any atom is -0.346 e. The summed E-state index contributed by atoms with van der Waals surface area (Å²) in [4.78, 5) is 7.19. The number of aromatic nitrogens is 1. The molecule has 0 unspecified atom stereocenters. The Bertz CT molecular complexity index is 323. The fourth-order valence-electron chi connectivity index (χ4n) is 1.08. The maximum atomic E-state index is 6.06. The molecular weight excluding hydrogens is 184 g/mol. The number of H-pyrrole nitrogens is 1. The quantitative estimate of drug-likeness (QED) is 0.714. The van der Waals surface area contributed by atoms with Crippen molar-refractivity contribution in [2.24, 2.45) is 4.99 Å². The van der Waals surface area contributed by atoms with Gasteiger partial charge in [0.1, 0.15) is 5.82 Å². The van der Waals surface area contributed by atoms with Crippen LogP contribution in [0.5, 0.6) is 0 Å². The molecular formula is C10H13ClN2. The minimum absolute atomic E-state index is 0.754. The first-order chi connectivity index (χ1) is 6.29. The van der Waals surface area contributed by atoms with Gasteiger partial charge in [0, 0.05) is 23.0 Å². The summed E-state index contributed by atoms with van der Waals surface area (Å²) in [6, 6.07) is 1.93. The first-order valence-electron chi connectivity index (χ1n) is 4.31. The van der Waals surface area contributed by atoms with Crippen molar-refractivity contribution in [3.05, 3.63) is 23.9 Å². The molecule has 0 amide bonds. The Morgan fingerprint density at radius 1 is 1.69 bits per heavy atom. The first kappa shape index (κ1) is 10.1. The van der Waals surface area contributed by atoms with Gasteiger partial charge in [-0.1, -0.05) is 24.6 Å². The van der Waals surface area contributed by atoms with E-state index in [1.165, 1.54) is 0 Å². The molecule has 0 aliphatic heterocycles. The third kappa shape index (κ3) is 2.46. The van der Waals surface area contributed by atoms with Crippen molar-refractivity contribution in [1.82, 2.24) is 4.98 Å². The largest absolute Gasteiger partial charge is 0.346 e. The number of allylic oxidation sites excluding steroid dienone is 1. The summed E-state index contributed by atoms with van der Waals surface area (Å²) in [6.45, 7) is 3.93. The fourth-order valence-corrected chi connectivity index (χ4v) is 1.39. The highest BCUT2D eigenvalue weighted by molar-refractivity contribution is 6.49. The zero-order valence-electron chi connectivity index (χ0n) is 7.84. The van der Waals surface area contributed by atoms with Gasteiger partial charge in [0.05, 0.1) is 0 Å². The summed E-state index contributed by atoms with van der Waals surface area (Å²) < 4.78 is 0. The van der Waals surface area contributed by atoms with Gasteiger partial charge in [-0.2, -0.15) is 0 Å². The predicted molar refractivity (Wildman–Crippen MR) is 58.7 cm³/mol. The lowest BCUT2D eigenvalue weighted by Crippen LogP contribution is -1.74. The highest BCUT2D eigenvalue weighted by Crippen LogP contribution is 2.27. The molecule has 0 bridgehead atoms. The summed E-state index contributed by atoms with van der Waals surface area (Å²) in [5.41, 5.74) is 0.960. The third-order valence-electron chi connectivity index (χ3n) is 1.62. The van der Waals surface area contributed by atoms with Gasteiger partial charge in [0.25, 0.3) is 0 Å². The molecule has 1 aromatic rings. The van der Waals surface area contributed by atoms with Crippen LogP contribution >= 0.6 is 11.6 Å². The molecule has 0 atom stereocenters. The summed E-state index contributed by atoms with van der Waals surface area (Å²) in [5, 5.41) is 0.754. The Hall–Kier alpha value is -1.02. The summed E-state index contributed by atoms with van der Waals surface area (Å²) in [7, 11) is 0. The van der Waals surface area contributed by atoms with E-state index in [0.717, 1.165) is 22.8 Å². The zero-order valence-corrected chi connectivity index (χ0v) is 8.60. The van der Waals surface area contributed by atoms with E-state index in [1.807, 2.05) is 25.3 Å². The Kier molecular flexibility index (Phi) is 3.77. The number of nitrogens with zero attached hydrogens (tertiary/aromatic N) is 1. The van der Waals surface area contributed by atoms with E-state index in [9.17, 15) is 0 Å². The molecule has 70 valence electrons. The number of rotatable bonds is 3. The maximum Gasteiger partial charge on any atom is 0.138 e. The van der Waals surface area contributed by atoms with Crippen LogP contribution in [0.3, 0.4) is 0 Å². The number of halogens is 1. The molecule has 1 rings (SSSR count). The molecule has 0 fully saturated rings. The average Bonchev–Trinajstić information content (AvgIpc) is 2.54. The summed E-state index contributed by atoms with van der Waals surface area (Å²) in [5.74, 6) is 0.817. The number of hydrogen-bond acceptors (Lipinski definition) is 1. The van der Waals surface area contributed by atoms with Crippen LogP contribution < -0.4 is 0 Å². The van der Waals surface area contributed by atoms with Crippen molar-refractivity contribution >= 4 is 28.7 Å². The van der Waals surface area contributed by atoms with Crippen molar-refractivity contribution in [3.8, 4) is 0 Å². The molecule has 0 aromatic carbocycles. The highest BCUT2D eigenvalue weighted by Gasteiger charge is 2.04. The van der Waals surface area contributed by atoms with Gasteiger partial charge < -0.3 is 4.98 Å². The van der Waals surface area contributed by atoms with Crippen LogP contribution in [-0.4, -0.2) is 11.2 Å². The normalized spacial score (nSPS) is 12.7. The van der Waals surface area contributed by atoms with Crippen molar-refractivity contribution in [3.63, 3.8) is 0 Å². The third-order valence-corrected chi connectivity index (χ3v) is 1.98. The van der Waals surface area contributed by atoms with Crippen molar-refractivity contribution in [2.45, 2.75) is 20.3 Å². The molecule has 2 nitrogen and oxygen atoms in total. The molecule has 3 heteroatoms. The lowest BCUT2D eigenvalue weighted by Gasteiger charge is -1.96. The maximum absolute atomic E-state index is 6.06. The molecule has 1 heterocycles. The van der Waals surface area contributed by atoms with Crippen LogP contribution in [0.25, 0.3) is 5.03 Å². The number of hydrogen-bond donors (Lipinski definition) is 1. The van der Waals surface area contributed by atoms with Crippen molar-refractivity contribution in [1.29, 1.82) is 0 Å². The summed E-state index contributed by atoms with van der Waals surface area (Å²) >= 11 is 6.06. The molecule has 0 aliphatic carbocycles. The molecule has 0 saturated heterocycles. The van der Waals surface area contributed by atoms with Gasteiger partial charge in [-0.05, 0) is 19.4 Å². The van der Waals surface area contributed by atoms with Crippen LogP contribution in [0.15, 0.2) is 23.3 Å². The number of aromatic amines is 1. The highest BCUT2D eigenvalue weighted by atomic mass is 35.5. The van der Waals surface area contributed by atoms with Gasteiger partial charge >= 0.3 is 0 Å². The van der Waals surface area contributed by atoms with E-state index in [2.05, 4.69) is 16.9 Å². The first-order valence-corrected chi connectivity index (χ1v) is 4.69. The molecule has 13 heavy (non-hydrogen) atoms. The van der Waals surface area contributed by atoms with Crippen LogP contribution in [0.1, 0.15) is 25.8 Å². The van der Waals surface area contributed by atoms with Gasteiger partial charge in [-0.25, -0.2) is 4.99 Å². The van der Waals surface area contributed by atoms with Crippen molar-refractivity contribution < 1.29 is 0 Å². The molecule has 0 saturated carbocycles. The molecule has 1 N–H and O–H groups in total. The second kappa shape index (κ2) is 4.87. The number of aliphatic imine (C=N–C) groups is 1. The van der Waals surface area contributed by atoms with E-state index >= 15 is 0 Å². The fraction of sp³-hybridized carbons (Fsp3) is 0.300. The van der Waals surface area contributed by atoms with E-state index in [0.29, 0.717) is 0 Å². The van der Waals surface area contributed by atoms with Gasteiger partial charge in [-0.15, -0.1) is 0 Å². The molecule has 0 spiro atoms. The zero-order chi connectivity index (χ0) is 9.68. The average molecular weight is 197 g/mol. The Morgan fingerprint density at radius 2 is 2.46 bits per heavy atom. The van der Waals surface area contributed by atoms with E-state index in [1.54, 1.807) is 6.21 Å². The van der Waals surface area contributed by atoms with Crippen LogP contribution in [-0.2, 0) is 0 Å². The SMILES string of the molecule is CC=Nc1[nH]ccc1C(Cl)=CCC. The molecule has 0 radical (unpaired) electrons. The number of nitrogens with one attached hydrogen (secondary N) is 1. The topological polar surface area (TPSA) is 28.1 Å².